The van der Waals surface area contributed by atoms with Crippen LogP contribution >= 0.6 is 12.4 Å². The minimum atomic E-state index is -0.488. The second-order valence-electron chi connectivity index (χ2n) is 5.36. The van der Waals surface area contributed by atoms with Crippen LogP contribution in [-0.4, -0.2) is 45.2 Å². The smallest absolute Gasteiger partial charge is 0.249 e. The number of nitrogens with two attached hydrogens (primary N) is 1. The standard InChI is InChI=1S/C16H23N3O4.ClH/c1-22-12-8-11(9-13(10-12)23-2)19-7-5-14(16(19)21)18-15(20)4-3-6-17;/h8-10,14H,3-7,17H2,1-2H3,(H,18,20);1H. The molecule has 1 aliphatic rings. The molecule has 1 unspecified atom stereocenters. The van der Waals surface area contributed by atoms with E-state index in [1.807, 2.05) is 0 Å². The van der Waals surface area contributed by atoms with E-state index in [2.05, 4.69) is 5.32 Å². The van der Waals surface area contributed by atoms with Gasteiger partial charge in [0.15, 0.2) is 0 Å². The van der Waals surface area contributed by atoms with Crippen molar-refractivity contribution >= 4 is 29.9 Å². The summed E-state index contributed by atoms with van der Waals surface area (Å²) in [4.78, 5) is 25.9. The average Bonchev–Trinajstić information content (AvgIpc) is 2.93. The van der Waals surface area contributed by atoms with Gasteiger partial charge in [-0.3, -0.25) is 9.59 Å². The highest BCUT2D eigenvalue weighted by Gasteiger charge is 2.33. The van der Waals surface area contributed by atoms with Crippen molar-refractivity contribution in [2.24, 2.45) is 5.73 Å². The van der Waals surface area contributed by atoms with Crippen molar-refractivity contribution in [3.05, 3.63) is 18.2 Å². The summed E-state index contributed by atoms with van der Waals surface area (Å²) in [5.41, 5.74) is 6.09. The van der Waals surface area contributed by atoms with Crippen LogP contribution in [0.5, 0.6) is 11.5 Å². The number of hydrogen-bond acceptors (Lipinski definition) is 5. The number of rotatable bonds is 7. The largest absolute Gasteiger partial charge is 0.497 e. The summed E-state index contributed by atoms with van der Waals surface area (Å²) in [6.45, 7) is 0.999. The van der Waals surface area contributed by atoms with E-state index in [-0.39, 0.29) is 24.2 Å². The van der Waals surface area contributed by atoms with Crippen LogP contribution < -0.4 is 25.4 Å². The normalized spacial score (nSPS) is 16.5. The van der Waals surface area contributed by atoms with Gasteiger partial charge in [-0.1, -0.05) is 0 Å². The number of amides is 2. The van der Waals surface area contributed by atoms with E-state index in [0.717, 1.165) is 0 Å². The third-order valence-electron chi connectivity index (χ3n) is 3.80. The highest BCUT2D eigenvalue weighted by molar-refractivity contribution is 6.01. The van der Waals surface area contributed by atoms with Crippen molar-refractivity contribution in [2.45, 2.75) is 25.3 Å². The van der Waals surface area contributed by atoms with Crippen LogP contribution in [0.3, 0.4) is 0 Å². The van der Waals surface area contributed by atoms with Gasteiger partial charge in [0.25, 0.3) is 0 Å². The van der Waals surface area contributed by atoms with Gasteiger partial charge in [-0.2, -0.15) is 0 Å². The predicted octanol–water partition coefficient (Wildman–Crippen LogP) is 1.09. The Hall–Kier alpha value is -1.99. The molecule has 0 saturated carbocycles. The summed E-state index contributed by atoms with van der Waals surface area (Å²) < 4.78 is 10.5. The third-order valence-corrected chi connectivity index (χ3v) is 3.80. The predicted molar refractivity (Wildman–Crippen MR) is 94.0 cm³/mol. The number of nitrogens with one attached hydrogen (secondary N) is 1. The molecular weight excluding hydrogens is 334 g/mol. The van der Waals surface area contributed by atoms with E-state index in [1.165, 1.54) is 0 Å². The van der Waals surface area contributed by atoms with Crippen molar-refractivity contribution < 1.29 is 19.1 Å². The Bertz CT molecular complexity index is 560. The fraction of sp³-hybridized carbons (Fsp3) is 0.500. The number of benzene rings is 1. The van der Waals surface area contributed by atoms with Crippen LogP contribution in [0.2, 0.25) is 0 Å². The number of ether oxygens (including phenoxy) is 2. The zero-order valence-electron chi connectivity index (χ0n) is 13.9. The van der Waals surface area contributed by atoms with E-state index < -0.39 is 6.04 Å². The molecule has 1 heterocycles. The molecule has 2 rings (SSSR count). The third kappa shape index (κ3) is 4.75. The topological polar surface area (TPSA) is 93.9 Å². The molecule has 2 amide bonds. The maximum absolute atomic E-state index is 12.5. The van der Waals surface area contributed by atoms with E-state index in [9.17, 15) is 9.59 Å². The van der Waals surface area contributed by atoms with E-state index in [4.69, 9.17) is 15.2 Å². The molecule has 1 aromatic rings. The minimum Gasteiger partial charge on any atom is -0.497 e. The first kappa shape index (κ1) is 20.1. The van der Waals surface area contributed by atoms with Gasteiger partial charge in [0.1, 0.15) is 17.5 Å². The number of carbonyl (C=O) groups is 2. The summed E-state index contributed by atoms with van der Waals surface area (Å²) in [5.74, 6) is 0.963. The number of nitrogens with zero attached hydrogens (tertiary/aromatic N) is 1. The first-order valence-corrected chi connectivity index (χ1v) is 7.63. The SMILES string of the molecule is COc1cc(OC)cc(N2CCC(NC(=O)CCCN)C2=O)c1.Cl. The van der Waals surface area contributed by atoms with Gasteiger partial charge in [0.2, 0.25) is 11.8 Å². The Balaban J connectivity index is 0.00000288. The van der Waals surface area contributed by atoms with Crippen LogP contribution in [0.15, 0.2) is 18.2 Å². The first-order chi connectivity index (χ1) is 11.1. The van der Waals surface area contributed by atoms with E-state index >= 15 is 0 Å². The molecule has 1 aromatic carbocycles. The first-order valence-electron chi connectivity index (χ1n) is 7.63. The number of hydrogen-bond donors (Lipinski definition) is 2. The molecule has 0 aromatic heterocycles. The Morgan fingerprint density at radius 1 is 1.29 bits per heavy atom. The number of halogens is 1. The van der Waals surface area contributed by atoms with Gasteiger partial charge in [-0.15, -0.1) is 12.4 Å². The lowest BCUT2D eigenvalue weighted by Crippen LogP contribution is -2.41. The summed E-state index contributed by atoms with van der Waals surface area (Å²) in [5, 5.41) is 2.77. The fourth-order valence-electron chi connectivity index (χ4n) is 2.55. The van der Waals surface area contributed by atoms with E-state index in [1.54, 1.807) is 37.3 Å². The monoisotopic (exact) mass is 357 g/mol. The molecular formula is C16H24ClN3O4. The molecule has 24 heavy (non-hydrogen) atoms. The molecule has 0 aliphatic carbocycles. The van der Waals surface area contributed by atoms with Crippen molar-refractivity contribution in [3.63, 3.8) is 0 Å². The fourth-order valence-corrected chi connectivity index (χ4v) is 2.55. The Labute approximate surface area is 147 Å². The minimum absolute atomic E-state index is 0. The molecule has 1 saturated heterocycles. The van der Waals surface area contributed by atoms with Gasteiger partial charge < -0.3 is 25.4 Å². The van der Waals surface area contributed by atoms with Crippen molar-refractivity contribution in [1.29, 1.82) is 0 Å². The lowest BCUT2D eigenvalue weighted by Gasteiger charge is -2.19. The lowest BCUT2D eigenvalue weighted by molar-refractivity contribution is -0.126. The molecule has 3 N–H and O–H groups in total. The average molecular weight is 358 g/mol. The highest BCUT2D eigenvalue weighted by Crippen LogP contribution is 2.30. The number of carbonyl (C=O) groups excluding carboxylic acids is 2. The summed E-state index contributed by atoms with van der Waals surface area (Å²) in [6.07, 6.45) is 1.53. The van der Waals surface area contributed by atoms with Gasteiger partial charge in [-0.25, -0.2) is 0 Å². The van der Waals surface area contributed by atoms with Crippen molar-refractivity contribution in [1.82, 2.24) is 5.32 Å². The van der Waals surface area contributed by atoms with Crippen LogP contribution in [0.1, 0.15) is 19.3 Å². The van der Waals surface area contributed by atoms with Gasteiger partial charge in [0.05, 0.1) is 19.9 Å². The number of anilines is 1. The summed E-state index contributed by atoms with van der Waals surface area (Å²) >= 11 is 0. The Morgan fingerprint density at radius 2 is 1.92 bits per heavy atom. The molecule has 134 valence electrons. The Morgan fingerprint density at radius 3 is 2.46 bits per heavy atom. The van der Waals surface area contributed by atoms with Crippen molar-refractivity contribution in [3.8, 4) is 11.5 Å². The molecule has 1 aliphatic heterocycles. The second kappa shape index (κ2) is 9.34. The van der Waals surface area contributed by atoms with Crippen LogP contribution in [0.4, 0.5) is 5.69 Å². The quantitative estimate of drug-likeness (QED) is 0.761. The van der Waals surface area contributed by atoms with Gasteiger partial charge in [0, 0.05) is 31.2 Å². The Kier molecular flexibility index (Phi) is 7.81. The zero-order chi connectivity index (χ0) is 16.8. The van der Waals surface area contributed by atoms with Crippen LogP contribution in [-0.2, 0) is 9.59 Å². The number of methoxy groups -OCH3 is 2. The molecule has 1 fully saturated rings. The summed E-state index contributed by atoms with van der Waals surface area (Å²) in [6, 6.07) is 4.81. The highest BCUT2D eigenvalue weighted by atomic mass is 35.5. The molecule has 0 radical (unpaired) electrons. The zero-order valence-corrected chi connectivity index (χ0v) is 14.7. The molecule has 1 atom stereocenters. The molecule has 0 bridgehead atoms. The van der Waals surface area contributed by atoms with Crippen LogP contribution in [0.25, 0.3) is 0 Å². The maximum atomic E-state index is 12.5. The van der Waals surface area contributed by atoms with E-state index in [0.29, 0.717) is 49.5 Å². The lowest BCUT2D eigenvalue weighted by atomic mass is 10.2. The van der Waals surface area contributed by atoms with Gasteiger partial charge >= 0.3 is 0 Å². The molecule has 7 nitrogen and oxygen atoms in total. The molecule has 8 heteroatoms. The maximum Gasteiger partial charge on any atom is 0.249 e. The summed E-state index contributed by atoms with van der Waals surface area (Å²) in [7, 11) is 3.12. The second-order valence-corrected chi connectivity index (χ2v) is 5.36. The van der Waals surface area contributed by atoms with Crippen LogP contribution in [0, 0.1) is 0 Å². The molecule has 0 spiro atoms. The van der Waals surface area contributed by atoms with Gasteiger partial charge in [-0.05, 0) is 19.4 Å². The van der Waals surface area contributed by atoms with Crippen molar-refractivity contribution in [2.75, 3.05) is 32.2 Å².